The van der Waals surface area contributed by atoms with E-state index in [1.165, 1.54) is 0 Å². The highest BCUT2D eigenvalue weighted by Gasteiger charge is 2.21. The molecule has 0 radical (unpaired) electrons. The number of esters is 1. The van der Waals surface area contributed by atoms with Crippen LogP contribution in [0.4, 0.5) is 4.79 Å². The quantitative estimate of drug-likeness (QED) is 0.842. The van der Waals surface area contributed by atoms with Crippen molar-refractivity contribution in [2.75, 3.05) is 6.61 Å². The van der Waals surface area contributed by atoms with Gasteiger partial charge in [0.15, 0.2) is 6.61 Å². The predicted molar refractivity (Wildman–Crippen MR) is 87.7 cm³/mol. The van der Waals surface area contributed by atoms with Crippen molar-refractivity contribution in [1.29, 1.82) is 0 Å². The van der Waals surface area contributed by atoms with Gasteiger partial charge in [-0.05, 0) is 33.8 Å². The summed E-state index contributed by atoms with van der Waals surface area (Å²) in [6, 6.07) is 6.54. The van der Waals surface area contributed by atoms with Crippen LogP contribution in [0.3, 0.4) is 0 Å². The molecule has 0 bridgehead atoms. The molecule has 3 amide bonds. The van der Waals surface area contributed by atoms with Crippen molar-refractivity contribution in [3.05, 3.63) is 35.6 Å². The standard InChI is InChI=1S/C17H20N2O5/c1-10-11-7-5-6-8-12(11)24-14(10)15(21)23-9-13(20)18-16(22)19-17(2,3)4/h5-8H,9H2,1-4H3,(H2,18,19,20,22). The summed E-state index contributed by atoms with van der Waals surface area (Å²) in [5.41, 5.74) is 0.726. The molecule has 2 aromatic rings. The second-order valence-corrected chi connectivity index (χ2v) is 6.38. The lowest BCUT2D eigenvalue weighted by atomic mass is 10.1. The van der Waals surface area contributed by atoms with Crippen LogP contribution in [0.25, 0.3) is 11.0 Å². The Morgan fingerprint density at radius 2 is 1.83 bits per heavy atom. The van der Waals surface area contributed by atoms with Gasteiger partial charge < -0.3 is 14.5 Å². The van der Waals surface area contributed by atoms with E-state index in [1.807, 2.05) is 12.1 Å². The molecule has 24 heavy (non-hydrogen) atoms. The second kappa shape index (κ2) is 6.74. The minimum absolute atomic E-state index is 0.0446. The van der Waals surface area contributed by atoms with Gasteiger partial charge in [0.05, 0.1) is 0 Å². The van der Waals surface area contributed by atoms with E-state index in [0.29, 0.717) is 11.1 Å². The smallest absolute Gasteiger partial charge is 0.375 e. The van der Waals surface area contributed by atoms with Crippen LogP contribution in [-0.2, 0) is 9.53 Å². The van der Waals surface area contributed by atoms with Gasteiger partial charge in [0.1, 0.15) is 5.58 Å². The maximum atomic E-state index is 12.1. The zero-order valence-corrected chi connectivity index (χ0v) is 14.1. The number of urea groups is 1. The van der Waals surface area contributed by atoms with Gasteiger partial charge in [-0.3, -0.25) is 10.1 Å². The van der Waals surface area contributed by atoms with Crippen molar-refractivity contribution in [3.8, 4) is 0 Å². The van der Waals surface area contributed by atoms with Crippen LogP contribution >= 0.6 is 0 Å². The molecule has 0 fully saturated rings. The Balaban J connectivity index is 1.94. The van der Waals surface area contributed by atoms with Crippen molar-refractivity contribution in [2.45, 2.75) is 33.2 Å². The first-order valence-corrected chi connectivity index (χ1v) is 7.44. The van der Waals surface area contributed by atoms with E-state index in [4.69, 9.17) is 9.15 Å². The zero-order chi connectivity index (χ0) is 17.9. The number of amides is 3. The van der Waals surface area contributed by atoms with Crippen molar-refractivity contribution < 1.29 is 23.5 Å². The molecule has 0 aliphatic heterocycles. The van der Waals surface area contributed by atoms with E-state index in [1.54, 1.807) is 39.8 Å². The van der Waals surface area contributed by atoms with Gasteiger partial charge in [0.2, 0.25) is 5.76 Å². The summed E-state index contributed by atoms with van der Waals surface area (Å²) in [6.07, 6.45) is 0. The average molecular weight is 332 g/mol. The van der Waals surface area contributed by atoms with Crippen molar-refractivity contribution in [1.82, 2.24) is 10.6 Å². The molecule has 1 aromatic heterocycles. The number of furan rings is 1. The number of nitrogens with one attached hydrogen (secondary N) is 2. The van der Waals surface area contributed by atoms with E-state index >= 15 is 0 Å². The molecule has 0 atom stereocenters. The van der Waals surface area contributed by atoms with Crippen molar-refractivity contribution in [3.63, 3.8) is 0 Å². The SMILES string of the molecule is Cc1c(C(=O)OCC(=O)NC(=O)NC(C)(C)C)oc2ccccc12. The van der Waals surface area contributed by atoms with E-state index in [-0.39, 0.29) is 5.76 Å². The number of hydrogen-bond acceptors (Lipinski definition) is 5. The summed E-state index contributed by atoms with van der Waals surface area (Å²) in [5, 5.41) is 5.46. The summed E-state index contributed by atoms with van der Waals surface area (Å²) in [5.74, 6) is -1.43. The highest BCUT2D eigenvalue weighted by molar-refractivity contribution is 5.98. The van der Waals surface area contributed by atoms with E-state index in [2.05, 4.69) is 10.6 Å². The van der Waals surface area contributed by atoms with E-state index < -0.39 is 30.1 Å². The van der Waals surface area contributed by atoms with Gasteiger partial charge in [-0.2, -0.15) is 0 Å². The van der Waals surface area contributed by atoms with Gasteiger partial charge in [0, 0.05) is 16.5 Å². The summed E-state index contributed by atoms with van der Waals surface area (Å²) >= 11 is 0. The molecule has 0 saturated carbocycles. The number of para-hydroxylation sites is 1. The lowest BCUT2D eigenvalue weighted by Crippen LogP contribution is -2.49. The summed E-state index contributed by atoms with van der Waals surface area (Å²) in [4.78, 5) is 35.3. The van der Waals surface area contributed by atoms with Gasteiger partial charge in [-0.15, -0.1) is 0 Å². The van der Waals surface area contributed by atoms with Gasteiger partial charge >= 0.3 is 12.0 Å². The molecular formula is C17H20N2O5. The number of hydrogen-bond donors (Lipinski definition) is 2. The first-order valence-electron chi connectivity index (χ1n) is 7.44. The number of aryl methyl sites for hydroxylation is 1. The number of carbonyl (C=O) groups excluding carboxylic acids is 3. The molecule has 0 aliphatic rings. The Kier molecular flexibility index (Phi) is 4.92. The van der Waals surface area contributed by atoms with Crippen LogP contribution in [0, 0.1) is 6.92 Å². The Hall–Kier alpha value is -2.83. The summed E-state index contributed by atoms with van der Waals surface area (Å²) in [6.45, 7) is 6.50. The third-order valence-electron chi connectivity index (χ3n) is 3.10. The fourth-order valence-corrected chi connectivity index (χ4v) is 2.10. The number of benzene rings is 1. The maximum absolute atomic E-state index is 12.1. The third-order valence-corrected chi connectivity index (χ3v) is 3.10. The van der Waals surface area contributed by atoms with E-state index in [9.17, 15) is 14.4 Å². The molecule has 2 rings (SSSR count). The minimum Gasteiger partial charge on any atom is -0.450 e. The lowest BCUT2D eigenvalue weighted by Gasteiger charge is -2.20. The monoisotopic (exact) mass is 332 g/mol. The van der Waals surface area contributed by atoms with Crippen LogP contribution in [0.2, 0.25) is 0 Å². The van der Waals surface area contributed by atoms with Crippen LogP contribution in [0.1, 0.15) is 36.9 Å². The molecule has 0 saturated heterocycles. The molecule has 7 nitrogen and oxygen atoms in total. The lowest BCUT2D eigenvalue weighted by molar-refractivity contribution is -0.123. The Bertz CT molecular complexity index is 786. The second-order valence-electron chi connectivity index (χ2n) is 6.38. The van der Waals surface area contributed by atoms with Crippen LogP contribution < -0.4 is 10.6 Å². The number of fused-ring (bicyclic) bond motifs is 1. The fourth-order valence-electron chi connectivity index (χ4n) is 2.10. The molecule has 1 aromatic carbocycles. The van der Waals surface area contributed by atoms with Gasteiger partial charge in [0.25, 0.3) is 5.91 Å². The molecular weight excluding hydrogens is 312 g/mol. The molecule has 0 spiro atoms. The Labute approximate surface area is 139 Å². The van der Waals surface area contributed by atoms with Gasteiger partial charge in [-0.25, -0.2) is 9.59 Å². The van der Waals surface area contributed by atoms with Gasteiger partial charge in [-0.1, -0.05) is 18.2 Å². The first kappa shape index (κ1) is 17.5. The largest absolute Gasteiger partial charge is 0.450 e. The van der Waals surface area contributed by atoms with E-state index in [0.717, 1.165) is 5.39 Å². The zero-order valence-electron chi connectivity index (χ0n) is 14.1. The van der Waals surface area contributed by atoms with Crippen LogP contribution in [0.15, 0.2) is 28.7 Å². The molecule has 2 N–H and O–H groups in total. The maximum Gasteiger partial charge on any atom is 0.375 e. The Morgan fingerprint density at radius 3 is 2.46 bits per heavy atom. The molecule has 1 heterocycles. The molecule has 0 aliphatic carbocycles. The molecule has 0 unspecified atom stereocenters. The number of carbonyl (C=O) groups is 3. The van der Waals surface area contributed by atoms with Crippen LogP contribution in [-0.4, -0.2) is 30.1 Å². The minimum atomic E-state index is -0.755. The molecule has 7 heteroatoms. The third kappa shape index (κ3) is 4.34. The Morgan fingerprint density at radius 1 is 1.17 bits per heavy atom. The topological polar surface area (TPSA) is 97.6 Å². The summed E-state index contributed by atoms with van der Waals surface area (Å²) in [7, 11) is 0. The first-order chi connectivity index (χ1) is 11.2. The van der Waals surface area contributed by atoms with Crippen molar-refractivity contribution in [2.24, 2.45) is 0 Å². The number of imide groups is 1. The molecule has 128 valence electrons. The highest BCUT2D eigenvalue weighted by Crippen LogP contribution is 2.25. The number of rotatable bonds is 3. The summed E-state index contributed by atoms with van der Waals surface area (Å²) < 4.78 is 10.4. The average Bonchev–Trinajstić information content (AvgIpc) is 2.80. The normalized spacial score (nSPS) is 11.2. The fraction of sp³-hybridized carbons (Fsp3) is 0.353. The predicted octanol–water partition coefficient (Wildman–Crippen LogP) is 2.52. The number of ether oxygens (including phenoxy) is 1. The highest BCUT2D eigenvalue weighted by atomic mass is 16.5. The van der Waals surface area contributed by atoms with Crippen LogP contribution in [0.5, 0.6) is 0 Å². The van der Waals surface area contributed by atoms with Crippen molar-refractivity contribution >= 4 is 28.9 Å².